The third kappa shape index (κ3) is 3.90. The monoisotopic (exact) mass is 402 g/mol. The number of sulfonamides is 1. The average molecular weight is 403 g/mol. The molecule has 1 aromatic heterocycles. The molecule has 1 aliphatic carbocycles. The molecule has 0 saturated carbocycles. The van der Waals surface area contributed by atoms with E-state index in [1.807, 2.05) is 30.3 Å². The van der Waals surface area contributed by atoms with E-state index < -0.39 is 10.0 Å². The van der Waals surface area contributed by atoms with Gasteiger partial charge >= 0.3 is 0 Å². The lowest BCUT2D eigenvalue weighted by molar-refractivity contribution is 0.187. The quantitative estimate of drug-likeness (QED) is 0.795. The molecule has 28 heavy (non-hydrogen) atoms. The number of hydrogen-bond donors (Lipinski definition) is 1. The molecule has 0 unspecified atom stereocenters. The third-order valence-corrected chi connectivity index (χ3v) is 7.43. The summed E-state index contributed by atoms with van der Waals surface area (Å²) in [4.78, 5) is 9.58. The Bertz CT molecular complexity index is 947. The topological polar surface area (TPSA) is 84.4 Å². The van der Waals surface area contributed by atoms with E-state index in [0.29, 0.717) is 19.0 Å². The fourth-order valence-corrected chi connectivity index (χ4v) is 4.95. The highest BCUT2D eigenvalue weighted by Crippen LogP contribution is 2.31. The molecule has 1 aliphatic heterocycles. The van der Waals surface area contributed by atoms with Crippen LogP contribution in [0.2, 0.25) is 0 Å². The van der Waals surface area contributed by atoms with Gasteiger partial charge in [0, 0.05) is 36.8 Å². The van der Waals surface area contributed by atoms with E-state index in [1.165, 1.54) is 4.31 Å². The molecular weight excluding hydrogens is 376 g/mol. The Kier molecular flexibility index (Phi) is 5.35. The van der Waals surface area contributed by atoms with Gasteiger partial charge in [-0.3, -0.25) is 0 Å². The number of anilines is 1. The second-order valence-electron chi connectivity index (χ2n) is 7.65. The molecule has 1 saturated heterocycles. The summed E-state index contributed by atoms with van der Waals surface area (Å²) in [7, 11) is -0.156. The van der Waals surface area contributed by atoms with Crippen molar-refractivity contribution in [3.05, 3.63) is 41.6 Å². The van der Waals surface area contributed by atoms with E-state index in [9.17, 15) is 8.42 Å². The minimum absolute atomic E-state index is 0.0660. The van der Waals surface area contributed by atoms with Crippen molar-refractivity contribution in [1.82, 2.24) is 14.3 Å². The molecule has 4 rings (SSSR count). The molecule has 2 heterocycles. The lowest BCUT2D eigenvalue weighted by Crippen LogP contribution is -2.37. The first kappa shape index (κ1) is 19.3. The largest absolute Gasteiger partial charge is 0.379 e. The van der Waals surface area contributed by atoms with E-state index >= 15 is 0 Å². The summed E-state index contributed by atoms with van der Waals surface area (Å²) >= 11 is 0. The van der Waals surface area contributed by atoms with Gasteiger partial charge in [0.2, 0.25) is 10.0 Å². The van der Waals surface area contributed by atoms with Gasteiger partial charge in [-0.05, 0) is 19.3 Å². The molecule has 0 bridgehead atoms. The number of aryl methyl sites for hydroxylation is 1. The second-order valence-corrected chi connectivity index (χ2v) is 9.88. The van der Waals surface area contributed by atoms with Crippen LogP contribution in [0.25, 0.3) is 11.4 Å². The molecule has 0 amide bonds. The van der Waals surface area contributed by atoms with E-state index in [0.717, 1.165) is 41.9 Å². The van der Waals surface area contributed by atoms with Crippen LogP contribution >= 0.6 is 0 Å². The van der Waals surface area contributed by atoms with Crippen molar-refractivity contribution in [1.29, 1.82) is 0 Å². The highest BCUT2D eigenvalue weighted by Gasteiger charge is 2.34. The predicted molar refractivity (Wildman–Crippen MR) is 109 cm³/mol. The van der Waals surface area contributed by atoms with E-state index in [1.54, 1.807) is 14.1 Å². The fourth-order valence-electron chi connectivity index (χ4n) is 3.79. The Morgan fingerprint density at radius 3 is 2.68 bits per heavy atom. The number of ether oxygens (including phenoxy) is 1. The van der Waals surface area contributed by atoms with Crippen molar-refractivity contribution in [2.75, 3.05) is 38.4 Å². The van der Waals surface area contributed by atoms with Crippen LogP contribution in [0.5, 0.6) is 0 Å². The van der Waals surface area contributed by atoms with Crippen molar-refractivity contribution in [2.24, 2.45) is 5.92 Å². The van der Waals surface area contributed by atoms with Crippen LogP contribution in [0.15, 0.2) is 30.3 Å². The van der Waals surface area contributed by atoms with Crippen LogP contribution in [0.1, 0.15) is 17.7 Å². The summed E-state index contributed by atoms with van der Waals surface area (Å²) in [6.07, 6.45) is 2.96. The average Bonchev–Trinajstić information content (AvgIpc) is 3.31. The molecule has 2 aromatic rings. The zero-order valence-electron chi connectivity index (χ0n) is 16.3. The number of rotatable bonds is 6. The Labute approximate surface area is 166 Å². The Hall–Kier alpha value is -2.03. The number of benzene rings is 1. The SMILES string of the molecule is CN(C)S(=O)(=O)C[C@@H]1COC[C@@H]1Nc1nc(-c2ccccc2)nc2c1CCC2. The molecule has 1 N–H and O–H groups in total. The first-order valence-corrected chi connectivity index (χ1v) is 11.2. The first-order valence-electron chi connectivity index (χ1n) is 9.64. The number of nitrogens with zero attached hydrogens (tertiary/aromatic N) is 3. The van der Waals surface area contributed by atoms with E-state index in [2.05, 4.69) is 5.32 Å². The summed E-state index contributed by atoms with van der Waals surface area (Å²) in [6.45, 7) is 0.913. The van der Waals surface area contributed by atoms with Gasteiger partial charge in [-0.15, -0.1) is 0 Å². The van der Waals surface area contributed by atoms with Gasteiger partial charge in [0.25, 0.3) is 0 Å². The fraction of sp³-hybridized carbons (Fsp3) is 0.500. The molecule has 2 aliphatic rings. The van der Waals surface area contributed by atoms with Gasteiger partial charge in [-0.25, -0.2) is 22.7 Å². The second kappa shape index (κ2) is 7.77. The molecule has 1 aromatic carbocycles. The maximum absolute atomic E-state index is 12.3. The van der Waals surface area contributed by atoms with Crippen molar-refractivity contribution in [3.8, 4) is 11.4 Å². The summed E-state index contributed by atoms with van der Waals surface area (Å²) in [5.74, 6) is 1.49. The van der Waals surface area contributed by atoms with Crippen molar-refractivity contribution in [3.63, 3.8) is 0 Å². The summed E-state index contributed by atoms with van der Waals surface area (Å²) < 4.78 is 31.5. The molecule has 8 heteroatoms. The maximum Gasteiger partial charge on any atom is 0.214 e. The maximum atomic E-state index is 12.3. The minimum atomic E-state index is -3.29. The highest BCUT2D eigenvalue weighted by molar-refractivity contribution is 7.89. The van der Waals surface area contributed by atoms with Crippen LogP contribution in [-0.4, -0.2) is 61.8 Å². The molecule has 0 radical (unpaired) electrons. The summed E-state index contributed by atoms with van der Waals surface area (Å²) in [5, 5.41) is 3.50. The van der Waals surface area contributed by atoms with Crippen molar-refractivity contribution < 1.29 is 13.2 Å². The predicted octanol–water partition coefficient (Wildman–Crippen LogP) is 1.95. The van der Waals surface area contributed by atoms with Crippen LogP contribution in [0, 0.1) is 5.92 Å². The smallest absolute Gasteiger partial charge is 0.214 e. The number of aromatic nitrogens is 2. The van der Waals surface area contributed by atoms with Crippen LogP contribution in [0.3, 0.4) is 0 Å². The Morgan fingerprint density at radius 1 is 1.14 bits per heavy atom. The van der Waals surface area contributed by atoms with Crippen LogP contribution < -0.4 is 5.32 Å². The van der Waals surface area contributed by atoms with Gasteiger partial charge in [0.1, 0.15) is 5.82 Å². The van der Waals surface area contributed by atoms with E-state index in [4.69, 9.17) is 14.7 Å². The minimum Gasteiger partial charge on any atom is -0.379 e. The van der Waals surface area contributed by atoms with Gasteiger partial charge in [-0.1, -0.05) is 30.3 Å². The Balaban J connectivity index is 1.61. The third-order valence-electron chi connectivity index (χ3n) is 5.47. The summed E-state index contributed by atoms with van der Waals surface area (Å²) in [5.41, 5.74) is 3.23. The zero-order chi connectivity index (χ0) is 19.7. The van der Waals surface area contributed by atoms with Gasteiger partial charge in [0.05, 0.1) is 25.0 Å². The molecular formula is C20H26N4O3S. The highest BCUT2D eigenvalue weighted by atomic mass is 32.2. The standard InChI is InChI=1S/C20H26N4O3S/c1-24(2)28(25,26)13-15-11-27-12-18(15)22-20-16-9-6-10-17(16)21-19(23-20)14-7-4-3-5-8-14/h3-5,7-8,15,18H,6,9-13H2,1-2H3,(H,21,22,23)/t15-,18-/m0/s1. The number of fused-ring (bicyclic) bond motifs is 1. The van der Waals surface area contributed by atoms with Crippen molar-refractivity contribution >= 4 is 15.8 Å². The summed E-state index contributed by atoms with van der Waals surface area (Å²) in [6, 6.07) is 9.86. The first-order chi connectivity index (χ1) is 13.4. The van der Waals surface area contributed by atoms with Crippen LogP contribution in [0.4, 0.5) is 5.82 Å². The molecule has 1 fully saturated rings. The normalized spacial score (nSPS) is 21.8. The van der Waals surface area contributed by atoms with Gasteiger partial charge < -0.3 is 10.1 Å². The molecule has 150 valence electrons. The van der Waals surface area contributed by atoms with Crippen molar-refractivity contribution in [2.45, 2.75) is 25.3 Å². The van der Waals surface area contributed by atoms with E-state index in [-0.39, 0.29) is 17.7 Å². The van der Waals surface area contributed by atoms with Gasteiger partial charge in [0.15, 0.2) is 5.82 Å². The lowest BCUT2D eigenvalue weighted by Gasteiger charge is -2.22. The van der Waals surface area contributed by atoms with Crippen LogP contribution in [-0.2, 0) is 27.6 Å². The lowest BCUT2D eigenvalue weighted by atomic mass is 10.1. The molecule has 0 spiro atoms. The van der Waals surface area contributed by atoms with Gasteiger partial charge in [-0.2, -0.15) is 0 Å². The zero-order valence-corrected chi connectivity index (χ0v) is 17.1. The molecule has 7 nitrogen and oxygen atoms in total. The molecule has 2 atom stereocenters. The number of hydrogen-bond acceptors (Lipinski definition) is 6. The number of nitrogens with one attached hydrogen (secondary N) is 1. The Morgan fingerprint density at radius 2 is 1.93 bits per heavy atom.